The Morgan fingerprint density at radius 2 is 2.08 bits per heavy atom. The molecule has 13 heavy (non-hydrogen) atoms. The summed E-state index contributed by atoms with van der Waals surface area (Å²) in [4.78, 5) is 20.6. The molecule has 0 atom stereocenters. The Kier molecular flexibility index (Phi) is 6.23. The van der Waals surface area contributed by atoms with Crippen molar-refractivity contribution in [1.82, 2.24) is 0 Å². The molecule has 0 saturated carbocycles. The zero-order chi connectivity index (χ0) is 10.1. The Bertz CT molecular complexity index is 228. The van der Waals surface area contributed by atoms with Gasteiger partial charge < -0.3 is 9.84 Å². The van der Waals surface area contributed by atoms with E-state index in [2.05, 4.69) is 4.74 Å². The molecule has 0 unspecified atom stereocenters. The number of aliphatic carboxylic acids is 1. The Labute approximate surface area is 76.5 Å². The number of ether oxygens (including phenoxy) is 1. The van der Waals surface area contributed by atoms with Gasteiger partial charge in [-0.3, -0.25) is 9.59 Å². The first kappa shape index (κ1) is 11.4. The number of carboxylic acid groups (broad SMARTS) is 1. The lowest BCUT2D eigenvalue weighted by molar-refractivity contribution is -0.150. The van der Waals surface area contributed by atoms with E-state index in [1.165, 1.54) is 0 Å². The molecule has 0 radical (unpaired) electrons. The molecule has 0 aromatic rings. The van der Waals surface area contributed by atoms with Crippen molar-refractivity contribution < 1.29 is 19.4 Å². The van der Waals surface area contributed by atoms with E-state index >= 15 is 0 Å². The first-order chi connectivity index (χ1) is 6.16. The van der Waals surface area contributed by atoms with Gasteiger partial charge in [-0.25, -0.2) is 0 Å². The number of carbonyl (C=O) groups is 2. The van der Waals surface area contributed by atoms with E-state index < -0.39 is 18.4 Å². The summed E-state index contributed by atoms with van der Waals surface area (Å²) in [5, 5.41) is 8.19. The minimum atomic E-state index is -1.18. The number of carboxylic acids is 1. The van der Waals surface area contributed by atoms with Gasteiger partial charge in [0, 0.05) is 0 Å². The first-order valence-electron chi connectivity index (χ1n) is 3.82. The number of carbonyl (C=O) groups excluding carboxylic acids is 1. The average Bonchev–Trinajstić information content (AvgIpc) is 2.02. The number of esters is 1. The third-order valence-corrected chi connectivity index (χ3v) is 1.08. The maximum Gasteiger partial charge on any atom is 0.317 e. The van der Waals surface area contributed by atoms with Crippen LogP contribution in [0.5, 0.6) is 0 Å². The van der Waals surface area contributed by atoms with E-state index in [0.717, 1.165) is 0 Å². The molecule has 0 rings (SSSR count). The van der Waals surface area contributed by atoms with Gasteiger partial charge in [0.2, 0.25) is 0 Å². The monoisotopic (exact) mass is 184 g/mol. The van der Waals surface area contributed by atoms with E-state index in [4.69, 9.17) is 5.11 Å². The highest BCUT2D eigenvalue weighted by atomic mass is 16.5. The Hall–Kier alpha value is -1.58. The summed E-state index contributed by atoms with van der Waals surface area (Å²) in [5.74, 6) is -1.90. The third kappa shape index (κ3) is 8.33. The summed E-state index contributed by atoms with van der Waals surface area (Å²) in [6.07, 6.45) is 6.37. The number of hydrogen-bond donors (Lipinski definition) is 1. The standard InChI is InChI=1S/C9H12O4/c1-2-3-4-5-6-13-9(12)7-8(10)11/h2-5H,6-7H2,1H3,(H,10,11). The smallest absolute Gasteiger partial charge is 0.317 e. The third-order valence-electron chi connectivity index (χ3n) is 1.08. The molecular formula is C9H12O4. The van der Waals surface area contributed by atoms with E-state index in [-0.39, 0.29) is 6.61 Å². The molecule has 0 amide bonds. The van der Waals surface area contributed by atoms with Crippen molar-refractivity contribution in [3.05, 3.63) is 24.3 Å². The highest BCUT2D eigenvalue weighted by Crippen LogP contribution is 1.87. The van der Waals surface area contributed by atoms with Crippen LogP contribution < -0.4 is 0 Å². The fraction of sp³-hybridized carbons (Fsp3) is 0.333. The lowest BCUT2D eigenvalue weighted by Gasteiger charge is -1.97. The van der Waals surface area contributed by atoms with Crippen LogP contribution >= 0.6 is 0 Å². The molecule has 4 nitrogen and oxygen atoms in total. The molecule has 0 aromatic heterocycles. The first-order valence-corrected chi connectivity index (χ1v) is 3.82. The van der Waals surface area contributed by atoms with Gasteiger partial charge in [-0.2, -0.15) is 0 Å². The predicted octanol–water partition coefficient (Wildman–Crippen LogP) is 1.14. The fourth-order valence-corrected chi connectivity index (χ4v) is 0.561. The lowest BCUT2D eigenvalue weighted by Crippen LogP contribution is -2.10. The average molecular weight is 184 g/mol. The van der Waals surface area contributed by atoms with Gasteiger partial charge in [-0.05, 0) is 13.0 Å². The molecule has 1 N–H and O–H groups in total. The minimum absolute atomic E-state index is 0.108. The molecule has 0 bridgehead atoms. The summed E-state index contributed by atoms with van der Waals surface area (Å²) < 4.78 is 4.56. The summed E-state index contributed by atoms with van der Waals surface area (Å²) in [6, 6.07) is 0. The summed E-state index contributed by atoms with van der Waals surface area (Å²) in [6.45, 7) is 1.97. The van der Waals surface area contributed by atoms with E-state index in [9.17, 15) is 9.59 Å². The fourth-order valence-electron chi connectivity index (χ4n) is 0.561. The predicted molar refractivity (Wildman–Crippen MR) is 47.2 cm³/mol. The Balaban J connectivity index is 3.53. The van der Waals surface area contributed by atoms with Crippen molar-refractivity contribution in [2.24, 2.45) is 0 Å². The number of hydrogen-bond acceptors (Lipinski definition) is 3. The Morgan fingerprint density at radius 1 is 1.38 bits per heavy atom. The molecular weight excluding hydrogens is 172 g/mol. The van der Waals surface area contributed by atoms with E-state index in [1.807, 2.05) is 13.0 Å². The maximum atomic E-state index is 10.6. The molecule has 72 valence electrons. The van der Waals surface area contributed by atoms with E-state index in [1.54, 1.807) is 18.2 Å². The van der Waals surface area contributed by atoms with Gasteiger partial charge >= 0.3 is 11.9 Å². The normalized spacial score (nSPS) is 10.8. The molecule has 4 heteroatoms. The van der Waals surface area contributed by atoms with Crippen molar-refractivity contribution in [3.63, 3.8) is 0 Å². The molecule has 0 fully saturated rings. The highest BCUT2D eigenvalue weighted by molar-refractivity contribution is 5.90. The molecule has 0 aliphatic rings. The summed E-state index contributed by atoms with van der Waals surface area (Å²) in [7, 11) is 0. The second kappa shape index (κ2) is 7.09. The van der Waals surface area contributed by atoms with Crippen LogP contribution in [0, 0.1) is 0 Å². The van der Waals surface area contributed by atoms with Crippen molar-refractivity contribution in [2.75, 3.05) is 6.61 Å². The molecule has 0 aliphatic heterocycles. The largest absolute Gasteiger partial charge is 0.481 e. The van der Waals surface area contributed by atoms with Crippen LogP contribution in [-0.2, 0) is 14.3 Å². The van der Waals surface area contributed by atoms with Crippen molar-refractivity contribution in [1.29, 1.82) is 0 Å². The molecule has 0 saturated heterocycles. The van der Waals surface area contributed by atoms with Crippen LogP contribution in [0.2, 0.25) is 0 Å². The van der Waals surface area contributed by atoms with Crippen molar-refractivity contribution in [3.8, 4) is 0 Å². The molecule has 0 spiro atoms. The second-order valence-corrected chi connectivity index (χ2v) is 2.21. The van der Waals surface area contributed by atoms with Crippen LogP contribution in [-0.4, -0.2) is 23.7 Å². The van der Waals surface area contributed by atoms with Gasteiger partial charge in [0.15, 0.2) is 0 Å². The van der Waals surface area contributed by atoms with Crippen LogP contribution in [0.3, 0.4) is 0 Å². The van der Waals surface area contributed by atoms with Crippen LogP contribution in [0.4, 0.5) is 0 Å². The zero-order valence-corrected chi connectivity index (χ0v) is 7.40. The molecule has 0 aliphatic carbocycles. The van der Waals surface area contributed by atoms with Crippen LogP contribution in [0.25, 0.3) is 0 Å². The number of allylic oxidation sites excluding steroid dienone is 3. The number of rotatable bonds is 5. The molecule has 0 aromatic carbocycles. The minimum Gasteiger partial charge on any atom is -0.481 e. The van der Waals surface area contributed by atoms with Crippen LogP contribution in [0.15, 0.2) is 24.3 Å². The van der Waals surface area contributed by atoms with Gasteiger partial charge in [-0.15, -0.1) is 0 Å². The maximum absolute atomic E-state index is 10.6. The van der Waals surface area contributed by atoms with E-state index in [0.29, 0.717) is 0 Å². The summed E-state index contributed by atoms with van der Waals surface area (Å²) in [5.41, 5.74) is 0. The molecule has 0 heterocycles. The van der Waals surface area contributed by atoms with Gasteiger partial charge in [0.1, 0.15) is 13.0 Å². The van der Waals surface area contributed by atoms with Gasteiger partial charge in [0.25, 0.3) is 0 Å². The Morgan fingerprint density at radius 3 is 2.62 bits per heavy atom. The van der Waals surface area contributed by atoms with Crippen molar-refractivity contribution >= 4 is 11.9 Å². The van der Waals surface area contributed by atoms with Crippen LogP contribution in [0.1, 0.15) is 13.3 Å². The van der Waals surface area contributed by atoms with Crippen molar-refractivity contribution in [2.45, 2.75) is 13.3 Å². The highest BCUT2D eigenvalue weighted by Gasteiger charge is 2.06. The lowest BCUT2D eigenvalue weighted by atomic mass is 10.4. The quantitative estimate of drug-likeness (QED) is 0.395. The summed E-state index contributed by atoms with van der Waals surface area (Å²) >= 11 is 0. The zero-order valence-electron chi connectivity index (χ0n) is 7.40. The SMILES string of the molecule is CC=CC=CCOC(=O)CC(=O)O. The van der Waals surface area contributed by atoms with Gasteiger partial charge in [0.05, 0.1) is 0 Å². The topological polar surface area (TPSA) is 63.6 Å². The second-order valence-electron chi connectivity index (χ2n) is 2.21. The van der Waals surface area contributed by atoms with Gasteiger partial charge in [-0.1, -0.05) is 18.2 Å².